The van der Waals surface area contributed by atoms with E-state index in [1.54, 1.807) is 48.8 Å². The van der Waals surface area contributed by atoms with Gasteiger partial charge in [0.05, 0.1) is 48.6 Å². The summed E-state index contributed by atoms with van der Waals surface area (Å²) in [6.07, 6.45) is 5.57. The molecule has 262 valence electrons. The van der Waals surface area contributed by atoms with Gasteiger partial charge in [-0.1, -0.05) is 30.3 Å². The van der Waals surface area contributed by atoms with Crippen LogP contribution >= 0.6 is 0 Å². The van der Waals surface area contributed by atoms with Crippen LogP contribution in [-0.4, -0.2) is 57.3 Å². The van der Waals surface area contributed by atoms with Gasteiger partial charge >= 0.3 is 0 Å². The van der Waals surface area contributed by atoms with E-state index in [4.69, 9.17) is 4.74 Å². The number of carbonyl (C=O) groups is 2. The van der Waals surface area contributed by atoms with Crippen molar-refractivity contribution in [3.8, 4) is 34.5 Å². The summed E-state index contributed by atoms with van der Waals surface area (Å²) in [6, 6.07) is 24.3. The number of benzene rings is 3. The molecule has 0 spiro atoms. The zero-order chi connectivity index (χ0) is 36.0. The van der Waals surface area contributed by atoms with E-state index >= 15 is 4.39 Å². The Hall–Kier alpha value is -6.42. The summed E-state index contributed by atoms with van der Waals surface area (Å²) in [5.74, 6) is 0.305. The molecule has 2 saturated heterocycles. The number of halogens is 1. The van der Waals surface area contributed by atoms with Crippen LogP contribution in [0.5, 0.6) is 5.75 Å². The van der Waals surface area contributed by atoms with Gasteiger partial charge in [-0.25, -0.2) is 19.0 Å². The fourth-order valence-corrected chi connectivity index (χ4v) is 6.43. The predicted molar refractivity (Wildman–Crippen MR) is 192 cm³/mol. The topological polar surface area (TPSA) is 155 Å². The molecular formula is C39H35FN8O4. The van der Waals surface area contributed by atoms with Crippen molar-refractivity contribution in [3.63, 3.8) is 0 Å². The predicted octanol–water partition coefficient (Wildman–Crippen LogP) is 4.94. The SMILES string of the molecule is N#Cc1cccc(-c2ccc(=O)n(Cc3cccc(-c4ncc(OCC5CCN(c6ccc(NC7CCC(=O)NC7=O)cc6F)CC5)cn4)c3)n2)c1. The Kier molecular flexibility index (Phi) is 9.97. The van der Waals surface area contributed by atoms with Crippen LogP contribution in [-0.2, 0) is 16.1 Å². The van der Waals surface area contributed by atoms with Gasteiger partial charge in [-0.3, -0.25) is 19.7 Å². The van der Waals surface area contributed by atoms with E-state index in [1.807, 2.05) is 35.2 Å². The number of nitrogens with zero attached hydrogens (tertiary/aromatic N) is 6. The third-order valence-electron chi connectivity index (χ3n) is 9.27. The van der Waals surface area contributed by atoms with Crippen LogP contribution in [0.25, 0.3) is 22.6 Å². The smallest absolute Gasteiger partial charge is 0.267 e. The summed E-state index contributed by atoms with van der Waals surface area (Å²) in [7, 11) is 0. The van der Waals surface area contributed by atoms with E-state index in [0.717, 1.165) is 29.5 Å². The second kappa shape index (κ2) is 15.2. The highest BCUT2D eigenvalue weighted by Crippen LogP contribution is 2.29. The van der Waals surface area contributed by atoms with Crippen LogP contribution in [0.15, 0.2) is 96.1 Å². The van der Waals surface area contributed by atoms with Crippen molar-refractivity contribution >= 4 is 23.2 Å². The minimum atomic E-state index is -0.570. The van der Waals surface area contributed by atoms with Crippen molar-refractivity contribution in [3.05, 3.63) is 119 Å². The second-order valence-electron chi connectivity index (χ2n) is 12.9. The van der Waals surface area contributed by atoms with Gasteiger partial charge in [0.1, 0.15) is 11.9 Å². The zero-order valence-electron chi connectivity index (χ0n) is 28.2. The van der Waals surface area contributed by atoms with Gasteiger partial charge in [0.15, 0.2) is 11.6 Å². The second-order valence-corrected chi connectivity index (χ2v) is 12.9. The molecule has 2 aromatic heterocycles. The molecule has 2 fully saturated rings. The molecule has 1 unspecified atom stereocenters. The van der Waals surface area contributed by atoms with Crippen molar-refractivity contribution in [2.24, 2.45) is 5.92 Å². The third-order valence-corrected chi connectivity index (χ3v) is 9.27. The number of carbonyl (C=O) groups excluding carboxylic acids is 2. The molecule has 4 heterocycles. The molecule has 52 heavy (non-hydrogen) atoms. The number of hydrogen-bond acceptors (Lipinski definition) is 10. The number of rotatable bonds is 10. The molecule has 0 bridgehead atoms. The van der Waals surface area contributed by atoms with E-state index in [2.05, 4.69) is 31.8 Å². The average molecular weight is 699 g/mol. The monoisotopic (exact) mass is 698 g/mol. The fourth-order valence-electron chi connectivity index (χ4n) is 6.43. The molecule has 13 heteroatoms. The summed E-state index contributed by atoms with van der Waals surface area (Å²) >= 11 is 0. The minimum Gasteiger partial charge on any atom is -0.490 e. The van der Waals surface area contributed by atoms with Crippen LogP contribution in [0.4, 0.5) is 15.8 Å². The first-order chi connectivity index (χ1) is 25.3. The Labute approximate surface area is 298 Å². The molecule has 0 saturated carbocycles. The summed E-state index contributed by atoms with van der Waals surface area (Å²) < 4.78 is 22.5. The minimum absolute atomic E-state index is 0.239. The maximum absolute atomic E-state index is 15.1. The van der Waals surface area contributed by atoms with Gasteiger partial charge in [-0.05, 0) is 73.2 Å². The highest BCUT2D eigenvalue weighted by Gasteiger charge is 2.27. The van der Waals surface area contributed by atoms with Crippen molar-refractivity contribution in [2.45, 2.75) is 38.3 Å². The third kappa shape index (κ3) is 7.97. The van der Waals surface area contributed by atoms with Crippen LogP contribution < -0.4 is 25.8 Å². The molecule has 0 radical (unpaired) electrons. The number of nitriles is 1. The molecule has 7 rings (SSSR count). The highest BCUT2D eigenvalue weighted by molar-refractivity contribution is 6.01. The lowest BCUT2D eigenvalue weighted by Gasteiger charge is -2.33. The Morgan fingerprint density at radius 3 is 2.48 bits per heavy atom. The highest BCUT2D eigenvalue weighted by atomic mass is 19.1. The molecule has 2 N–H and O–H groups in total. The van der Waals surface area contributed by atoms with Crippen molar-refractivity contribution in [1.29, 1.82) is 5.26 Å². The summed E-state index contributed by atoms with van der Waals surface area (Å²) in [5.41, 5.74) is 4.28. The normalized spacial score (nSPS) is 16.2. The Morgan fingerprint density at radius 1 is 0.923 bits per heavy atom. The first kappa shape index (κ1) is 34.0. The fraction of sp³-hybridized carbons (Fsp3) is 0.256. The van der Waals surface area contributed by atoms with Gasteiger partial charge in [0.2, 0.25) is 11.8 Å². The molecule has 2 amide bonds. The van der Waals surface area contributed by atoms with Crippen LogP contribution in [0.2, 0.25) is 0 Å². The van der Waals surface area contributed by atoms with Gasteiger partial charge < -0.3 is 15.0 Å². The number of hydrogen-bond donors (Lipinski definition) is 2. The number of amides is 2. The van der Waals surface area contributed by atoms with E-state index in [1.165, 1.54) is 16.8 Å². The molecule has 3 aromatic carbocycles. The van der Waals surface area contributed by atoms with Crippen molar-refractivity contribution in [2.75, 3.05) is 29.9 Å². The van der Waals surface area contributed by atoms with Crippen molar-refractivity contribution in [1.82, 2.24) is 25.1 Å². The Morgan fingerprint density at radius 2 is 1.71 bits per heavy atom. The number of ether oxygens (including phenoxy) is 1. The number of imide groups is 1. The lowest BCUT2D eigenvalue weighted by Crippen LogP contribution is -2.47. The van der Waals surface area contributed by atoms with E-state index in [-0.39, 0.29) is 36.2 Å². The number of piperidine rings is 2. The first-order valence-corrected chi connectivity index (χ1v) is 17.1. The number of nitrogens with one attached hydrogen (secondary N) is 2. The molecule has 2 aliphatic heterocycles. The average Bonchev–Trinajstić information content (AvgIpc) is 3.17. The van der Waals surface area contributed by atoms with Gasteiger partial charge in [-0.15, -0.1) is 0 Å². The van der Waals surface area contributed by atoms with E-state index in [0.29, 0.717) is 60.3 Å². The van der Waals surface area contributed by atoms with Crippen LogP contribution in [0.1, 0.15) is 36.8 Å². The van der Waals surface area contributed by atoms with Gasteiger partial charge in [0.25, 0.3) is 5.56 Å². The molecule has 1 atom stereocenters. The van der Waals surface area contributed by atoms with Crippen molar-refractivity contribution < 1.29 is 18.7 Å². The summed E-state index contributed by atoms with van der Waals surface area (Å²) in [4.78, 5) is 47.2. The largest absolute Gasteiger partial charge is 0.490 e. The molecule has 0 aliphatic carbocycles. The first-order valence-electron chi connectivity index (χ1n) is 17.1. The quantitative estimate of drug-likeness (QED) is 0.192. The van der Waals surface area contributed by atoms with Crippen LogP contribution in [0.3, 0.4) is 0 Å². The summed E-state index contributed by atoms with van der Waals surface area (Å²) in [6.45, 7) is 2.09. The molecule has 12 nitrogen and oxygen atoms in total. The number of anilines is 2. The van der Waals surface area contributed by atoms with E-state index < -0.39 is 11.9 Å². The Balaban J connectivity index is 0.911. The van der Waals surface area contributed by atoms with E-state index in [9.17, 15) is 19.6 Å². The lowest BCUT2D eigenvalue weighted by atomic mass is 9.97. The standard InChI is InChI=1S/C39H35FN8O4/c40-32-19-30(44-34-8-11-36(49)45-39(34)51)7-10-35(32)47-15-13-25(14-16-47)24-52-31-21-42-38(43-22-31)29-6-2-4-27(18-29)23-48-37(50)12-9-33(46-48)28-5-1-3-26(17-28)20-41/h1-7,9-10,12,17-19,21-22,25,34,44H,8,11,13-16,23-24H2,(H,45,49,51). The molecular weight excluding hydrogens is 663 g/mol. The summed E-state index contributed by atoms with van der Waals surface area (Å²) in [5, 5.41) is 19.1. The maximum atomic E-state index is 15.1. The van der Waals surface area contributed by atoms with Gasteiger partial charge in [-0.2, -0.15) is 10.4 Å². The maximum Gasteiger partial charge on any atom is 0.267 e. The zero-order valence-corrected chi connectivity index (χ0v) is 28.2. The van der Waals surface area contributed by atoms with Gasteiger partial charge in [0, 0.05) is 42.4 Å². The number of aromatic nitrogens is 4. The molecule has 5 aromatic rings. The van der Waals surface area contributed by atoms with Crippen LogP contribution in [0, 0.1) is 23.1 Å². The lowest BCUT2D eigenvalue weighted by molar-refractivity contribution is -0.133. The molecule has 2 aliphatic rings. The Bertz CT molecular complexity index is 2210.